The molecule has 2 aromatic carbocycles. The lowest BCUT2D eigenvalue weighted by Gasteiger charge is -2.09. The number of hydrogen-bond acceptors (Lipinski definition) is 2. The van der Waals surface area contributed by atoms with Crippen molar-refractivity contribution in [2.75, 3.05) is 0 Å². The summed E-state index contributed by atoms with van der Waals surface area (Å²) in [4.78, 5) is 0. The number of nitrogens with zero attached hydrogens (tertiary/aromatic N) is 1. The fraction of sp³-hybridized carbons (Fsp3) is 0.133. The maximum Gasteiger partial charge on any atom is 0.162 e. The Kier molecular flexibility index (Phi) is 3.76. The minimum atomic E-state index is -0.936. The topological polar surface area (TPSA) is 33.0 Å². The highest BCUT2D eigenvalue weighted by atomic mass is 19.2. The van der Waals surface area contributed by atoms with Crippen molar-refractivity contribution < 1.29 is 13.5 Å². The predicted octanol–water partition coefficient (Wildman–Crippen LogP) is 3.72. The molecule has 0 N–H and O–H groups in total. The molecule has 0 heterocycles. The zero-order valence-corrected chi connectivity index (χ0v) is 10.3. The van der Waals surface area contributed by atoms with Crippen LogP contribution in [0.4, 0.5) is 8.78 Å². The van der Waals surface area contributed by atoms with E-state index in [1.807, 2.05) is 6.92 Å². The van der Waals surface area contributed by atoms with Gasteiger partial charge in [0.1, 0.15) is 12.4 Å². The average molecular weight is 259 g/mol. The van der Waals surface area contributed by atoms with Gasteiger partial charge in [-0.15, -0.1) is 0 Å². The van der Waals surface area contributed by atoms with Crippen molar-refractivity contribution in [3.8, 4) is 11.8 Å². The van der Waals surface area contributed by atoms with Crippen LogP contribution in [-0.2, 0) is 6.61 Å². The van der Waals surface area contributed by atoms with Crippen LogP contribution in [0, 0.1) is 29.9 Å². The van der Waals surface area contributed by atoms with Gasteiger partial charge in [0, 0.05) is 6.07 Å². The lowest BCUT2D eigenvalue weighted by Crippen LogP contribution is -1.99. The van der Waals surface area contributed by atoms with Gasteiger partial charge in [-0.25, -0.2) is 8.78 Å². The lowest BCUT2D eigenvalue weighted by atomic mass is 10.1. The third-order valence-corrected chi connectivity index (χ3v) is 2.76. The van der Waals surface area contributed by atoms with E-state index in [-0.39, 0.29) is 12.4 Å². The van der Waals surface area contributed by atoms with E-state index in [0.29, 0.717) is 5.56 Å². The van der Waals surface area contributed by atoms with E-state index in [0.717, 1.165) is 23.3 Å². The fourth-order valence-corrected chi connectivity index (χ4v) is 1.66. The van der Waals surface area contributed by atoms with Gasteiger partial charge in [0.15, 0.2) is 11.6 Å². The van der Waals surface area contributed by atoms with E-state index >= 15 is 0 Å². The van der Waals surface area contributed by atoms with Gasteiger partial charge in [-0.3, -0.25) is 0 Å². The Morgan fingerprint density at radius 3 is 2.53 bits per heavy atom. The van der Waals surface area contributed by atoms with Crippen LogP contribution in [0.5, 0.6) is 5.75 Å². The molecule has 0 aromatic heterocycles. The van der Waals surface area contributed by atoms with Gasteiger partial charge in [-0.1, -0.05) is 6.07 Å². The molecule has 0 amide bonds. The molecule has 2 aromatic rings. The van der Waals surface area contributed by atoms with Crippen LogP contribution >= 0.6 is 0 Å². The number of nitriles is 1. The van der Waals surface area contributed by atoms with Gasteiger partial charge >= 0.3 is 0 Å². The van der Waals surface area contributed by atoms with E-state index in [9.17, 15) is 8.78 Å². The largest absolute Gasteiger partial charge is 0.489 e. The van der Waals surface area contributed by atoms with E-state index in [1.165, 1.54) is 6.07 Å². The Balaban J connectivity index is 2.10. The van der Waals surface area contributed by atoms with Crippen molar-refractivity contribution in [2.24, 2.45) is 0 Å². The fourth-order valence-electron chi connectivity index (χ4n) is 1.66. The van der Waals surface area contributed by atoms with Crippen molar-refractivity contribution in [3.05, 3.63) is 64.7 Å². The molecule has 0 atom stereocenters. The Morgan fingerprint density at radius 2 is 1.89 bits per heavy atom. The first-order valence-corrected chi connectivity index (χ1v) is 5.67. The Labute approximate surface area is 109 Å². The summed E-state index contributed by atoms with van der Waals surface area (Å²) in [5.41, 5.74) is 2.39. The summed E-state index contributed by atoms with van der Waals surface area (Å²) in [6.45, 7) is 2.10. The highest BCUT2D eigenvalue weighted by Gasteiger charge is 2.05. The van der Waals surface area contributed by atoms with Gasteiger partial charge in [-0.2, -0.15) is 5.26 Å². The molecule has 0 unspecified atom stereocenters. The molecule has 0 bridgehead atoms. The SMILES string of the molecule is Cc1cc(C#N)ccc1COc1ccc(F)c(F)c1. The molecule has 2 nitrogen and oxygen atoms in total. The highest BCUT2D eigenvalue weighted by molar-refractivity contribution is 5.37. The normalized spacial score (nSPS) is 10.0. The molecule has 0 spiro atoms. The third kappa shape index (κ3) is 3.08. The number of benzene rings is 2. The molecular weight excluding hydrogens is 248 g/mol. The van der Waals surface area contributed by atoms with Crippen LogP contribution in [0.15, 0.2) is 36.4 Å². The van der Waals surface area contributed by atoms with Gasteiger partial charge in [0.2, 0.25) is 0 Å². The molecule has 2 rings (SSSR count). The first-order valence-electron chi connectivity index (χ1n) is 5.67. The van der Waals surface area contributed by atoms with Crippen molar-refractivity contribution in [1.29, 1.82) is 5.26 Å². The quantitative estimate of drug-likeness (QED) is 0.841. The molecule has 0 radical (unpaired) electrons. The molecule has 96 valence electrons. The summed E-state index contributed by atoms with van der Waals surface area (Å²) in [7, 11) is 0. The summed E-state index contributed by atoms with van der Waals surface area (Å²) in [6, 6.07) is 10.7. The van der Waals surface area contributed by atoms with Gasteiger partial charge in [0.25, 0.3) is 0 Å². The second kappa shape index (κ2) is 5.49. The average Bonchev–Trinajstić information content (AvgIpc) is 2.41. The standard InChI is InChI=1S/C15H11F2NO/c1-10-6-11(8-18)2-3-12(10)9-19-13-4-5-14(16)15(17)7-13/h2-7H,9H2,1H3. The van der Waals surface area contributed by atoms with E-state index < -0.39 is 11.6 Å². The Bertz CT molecular complexity index is 647. The molecule has 19 heavy (non-hydrogen) atoms. The maximum atomic E-state index is 13.0. The Hall–Kier alpha value is -2.41. The second-order valence-electron chi connectivity index (χ2n) is 4.12. The minimum absolute atomic E-state index is 0.239. The van der Waals surface area contributed by atoms with Crippen LogP contribution in [0.2, 0.25) is 0 Å². The number of ether oxygens (including phenoxy) is 1. The lowest BCUT2D eigenvalue weighted by molar-refractivity contribution is 0.302. The number of halogens is 2. The van der Waals surface area contributed by atoms with E-state index in [2.05, 4.69) is 6.07 Å². The predicted molar refractivity (Wildman–Crippen MR) is 66.6 cm³/mol. The smallest absolute Gasteiger partial charge is 0.162 e. The molecule has 0 saturated heterocycles. The van der Waals surface area contributed by atoms with Crippen LogP contribution in [0.1, 0.15) is 16.7 Å². The van der Waals surface area contributed by atoms with Crippen LogP contribution in [-0.4, -0.2) is 0 Å². The van der Waals surface area contributed by atoms with Crippen LogP contribution in [0.25, 0.3) is 0 Å². The monoisotopic (exact) mass is 259 g/mol. The zero-order chi connectivity index (χ0) is 13.8. The third-order valence-electron chi connectivity index (χ3n) is 2.76. The molecular formula is C15H11F2NO. The molecule has 4 heteroatoms. The van der Waals surface area contributed by atoms with Crippen LogP contribution in [0.3, 0.4) is 0 Å². The highest BCUT2D eigenvalue weighted by Crippen LogP contribution is 2.18. The first kappa shape index (κ1) is 13.0. The first-order chi connectivity index (χ1) is 9.10. The molecule has 0 aliphatic rings. The van der Waals surface area contributed by atoms with Crippen molar-refractivity contribution in [2.45, 2.75) is 13.5 Å². The van der Waals surface area contributed by atoms with Crippen LogP contribution < -0.4 is 4.74 Å². The van der Waals surface area contributed by atoms with Gasteiger partial charge in [0.05, 0.1) is 11.6 Å². The minimum Gasteiger partial charge on any atom is -0.489 e. The van der Waals surface area contributed by atoms with Crippen molar-refractivity contribution in [3.63, 3.8) is 0 Å². The van der Waals surface area contributed by atoms with E-state index in [1.54, 1.807) is 18.2 Å². The number of hydrogen-bond donors (Lipinski definition) is 0. The summed E-state index contributed by atoms with van der Waals surface area (Å²) in [6.07, 6.45) is 0. The van der Waals surface area contributed by atoms with Gasteiger partial charge in [-0.05, 0) is 42.3 Å². The molecule has 0 aliphatic carbocycles. The summed E-state index contributed by atoms with van der Waals surface area (Å²) < 4.78 is 31.1. The number of aryl methyl sites for hydroxylation is 1. The molecule has 0 aliphatic heterocycles. The Morgan fingerprint density at radius 1 is 1.11 bits per heavy atom. The summed E-state index contributed by atoms with van der Waals surface area (Å²) in [5, 5.41) is 8.76. The maximum absolute atomic E-state index is 13.0. The second-order valence-corrected chi connectivity index (χ2v) is 4.12. The summed E-state index contributed by atoms with van der Waals surface area (Å²) in [5.74, 6) is -1.57. The van der Waals surface area contributed by atoms with Crippen molar-refractivity contribution in [1.82, 2.24) is 0 Å². The molecule has 0 fully saturated rings. The zero-order valence-electron chi connectivity index (χ0n) is 10.3. The van der Waals surface area contributed by atoms with Gasteiger partial charge < -0.3 is 4.74 Å². The van der Waals surface area contributed by atoms with Crippen molar-refractivity contribution >= 4 is 0 Å². The molecule has 0 saturated carbocycles. The summed E-state index contributed by atoms with van der Waals surface area (Å²) >= 11 is 0. The number of rotatable bonds is 3. The van der Waals surface area contributed by atoms with E-state index in [4.69, 9.17) is 10.00 Å².